The number of carboxylic acid groups (broad SMARTS) is 1. The van der Waals surface area contributed by atoms with Crippen LogP contribution in [0.5, 0.6) is 0 Å². The minimum atomic E-state index is -0.837. The molecule has 0 bridgehead atoms. The summed E-state index contributed by atoms with van der Waals surface area (Å²) in [5, 5.41) is 12.3. The van der Waals surface area contributed by atoms with Crippen molar-refractivity contribution in [3.05, 3.63) is 0 Å². The van der Waals surface area contributed by atoms with Gasteiger partial charge in [-0.05, 0) is 53.2 Å². The third-order valence-electron chi connectivity index (χ3n) is 3.95. The number of likely N-dealkylation sites (N-methyl/N-ethyl adjacent to an activating group) is 1. The molecule has 0 aromatic carbocycles. The van der Waals surface area contributed by atoms with Crippen LogP contribution in [0.15, 0.2) is 0 Å². The van der Waals surface area contributed by atoms with Crippen LogP contribution < -0.4 is 5.32 Å². The first-order valence-electron chi connectivity index (χ1n) is 7.57. The summed E-state index contributed by atoms with van der Waals surface area (Å²) in [4.78, 5) is 13.8. The highest BCUT2D eigenvalue weighted by molar-refractivity contribution is 5.78. The van der Waals surface area contributed by atoms with Crippen molar-refractivity contribution in [1.82, 2.24) is 10.2 Å². The Hall–Kier alpha value is -0.610. The van der Waals surface area contributed by atoms with Gasteiger partial charge in [0, 0.05) is 6.04 Å². The van der Waals surface area contributed by atoms with Crippen LogP contribution in [0.3, 0.4) is 0 Å². The van der Waals surface area contributed by atoms with Crippen LogP contribution >= 0.6 is 0 Å². The number of hydrogen-bond donors (Lipinski definition) is 2. The summed E-state index contributed by atoms with van der Waals surface area (Å²) in [5.74, 6) is -0.771. The summed E-state index contributed by atoms with van der Waals surface area (Å²) in [7, 11) is 1.73. The summed E-state index contributed by atoms with van der Waals surface area (Å²) < 4.78 is 0. The van der Waals surface area contributed by atoms with E-state index in [0.29, 0.717) is 6.42 Å². The molecule has 0 rings (SSSR count). The lowest BCUT2D eigenvalue weighted by Crippen LogP contribution is -2.52. The van der Waals surface area contributed by atoms with Crippen molar-refractivity contribution in [3.63, 3.8) is 0 Å². The minimum Gasteiger partial charge on any atom is -0.480 e. The summed E-state index contributed by atoms with van der Waals surface area (Å²) in [6, 6.07) is 0.284. The standard InChI is InChI=1S/C15H32N2O2/c1-6-8-10-17(11-9-7-2)13(3)12-15(4,16-5)14(18)19/h13,16H,6-12H2,1-5H3,(H,18,19). The predicted molar refractivity (Wildman–Crippen MR) is 80.6 cm³/mol. The van der Waals surface area contributed by atoms with Crippen LogP contribution in [0.2, 0.25) is 0 Å². The third kappa shape index (κ3) is 6.39. The van der Waals surface area contributed by atoms with E-state index in [9.17, 15) is 9.90 Å². The molecular weight excluding hydrogens is 240 g/mol. The van der Waals surface area contributed by atoms with Gasteiger partial charge < -0.3 is 15.3 Å². The normalized spacial score (nSPS) is 16.3. The average Bonchev–Trinajstić information content (AvgIpc) is 2.38. The van der Waals surface area contributed by atoms with Gasteiger partial charge in [-0.15, -0.1) is 0 Å². The van der Waals surface area contributed by atoms with Crippen LogP contribution in [0.1, 0.15) is 59.8 Å². The zero-order valence-electron chi connectivity index (χ0n) is 13.3. The monoisotopic (exact) mass is 272 g/mol. The van der Waals surface area contributed by atoms with Crippen LogP contribution in [0.25, 0.3) is 0 Å². The topological polar surface area (TPSA) is 52.6 Å². The molecule has 114 valence electrons. The third-order valence-corrected chi connectivity index (χ3v) is 3.95. The molecule has 2 unspecified atom stereocenters. The molecule has 0 amide bonds. The number of rotatable bonds is 11. The number of carbonyl (C=O) groups is 1. The fourth-order valence-corrected chi connectivity index (χ4v) is 2.29. The first kappa shape index (κ1) is 18.4. The van der Waals surface area contributed by atoms with Crippen LogP contribution in [0, 0.1) is 0 Å². The Labute approximate surface area is 118 Å². The Kier molecular flexibility index (Phi) is 9.02. The van der Waals surface area contributed by atoms with Gasteiger partial charge in [-0.1, -0.05) is 26.7 Å². The zero-order chi connectivity index (χ0) is 14.9. The van der Waals surface area contributed by atoms with E-state index in [1.807, 2.05) is 0 Å². The van der Waals surface area contributed by atoms with Gasteiger partial charge in [0.1, 0.15) is 5.54 Å². The largest absolute Gasteiger partial charge is 0.480 e. The molecule has 4 heteroatoms. The van der Waals surface area contributed by atoms with Gasteiger partial charge in [0.25, 0.3) is 0 Å². The quantitative estimate of drug-likeness (QED) is 0.607. The molecule has 0 aliphatic rings. The molecule has 0 saturated heterocycles. The molecule has 4 nitrogen and oxygen atoms in total. The average molecular weight is 272 g/mol. The minimum absolute atomic E-state index is 0.284. The lowest BCUT2D eigenvalue weighted by atomic mass is 9.93. The fourth-order valence-electron chi connectivity index (χ4n) is 2.29. The Bertz CT molecular complexity index is 251. The Balaban J connectivity index is 4.59. The maximum absolute atomic E-state index is 11.4. The summed E-state index contributed by atoms with van der Waals surface area (Å²) in [6.07, 6.45) is 5.34. The van der Waals surface area contributed by atoms with E-state index >= 15 is 0 Å². The van der Waals surface area contributed by atoms with Crippen molar-refractivity contribution < 1.29 is 9.90 Å². The van der Waals surface area contributed by atoms with Gasteiger partial charge >= 0.3 is 5.97 Å². The van der Waals surface area contributed by atoms with E-state index in [2.05, 4.69) is 31.0 Å². The summed E-state index contributed by atoms with van der Waals surface area (Å²) in [5.41, 5.74) is -0.837. The highest BCUT2D eigenvalue weighted by atomic mass is 16.4. The number of hydrogen-bond acceptors (Lipinski definition) is 3. The first-order chi connectivity index (χ1) is 8.91. The van der Waals surface area contributed by atoms with E-state index < -0.39 is 11.5 Å². The first-order valence-corrected chi connectivity index (χ1v) is 7.57. The molecule has 0 aliphatic heterocycles. The zero-order valence-corrected chi connectivity index (χ0v) is 13.3. The molecule has 0 aromatic rings. The molecule has 19 heavy (non-hydrogen) atoms. The number of unbranched alkanes of at least 4 members (excludes halogenated alkanes) is 2. The van der Waals surface area contributed by atoms with Gasteiger partial charge in [0.15, 0.2) is 0 Å². The SMILES string of the molecule is CCCCN(CCCC)C(C)CC(C)(NC)C(=O)O. The van der Waals surface area contributed by atoms with Crippen molar-refractivity contribution in [1.29, 1.82) is 0 Å². The lowest BCUT2D eigenvalue weighted by Gasteiger charge is -2.34. The summed E-state index contributed by atoms with van der Waals surface area (Å²) >= 11 is 0. The molecule has 0 radical (unpaired) electrons. The van der Waals surface area contributed by atoms with E-state index in [-0.39, 0.29) is 6.04 Å². The molecule has 0 saturated carbocycles. The maximum Gasteiger partial charge on any atom is 0.323 e. The molecule has 0 aliphatic carbocycles. The number of nitrogens with one attached hydrogen (secondary N) is 1. The van der Waals surface area contributed by atoms with Crippen molar-refractivity contribution in [2.75, 3.05) is 20.1 Å². The Morgan fingerprint density at radius 1 is 1.26 bits per heavy atom. The van der Waals surface area contributed by atoms with Crippen LogP contribution in [-0.4, -0.2) is 47.7 Å². The van der Waals surface area contributed by atoms with Crippen molar-refractivity contribution in [2.45, 2.75) is 71.4 Å². The highest BCUT2D eigenvalue weighted by Gasteiger charge is 2.34. The highest BCUT2D eigenvalue weighted by Crippen LogP contribution is 2.17. The lowest BCUT2D eigenvalue weighted by molar-refractivity contribution is -0.144. The predicted octanol–water partition coefficient (Wildman–Crippen LogP) is 2.73. The molecule has 0 aromatic heterocycles. The van der Waals surface area contributed by atoms with Gasteiger partial charge in [0.05, 0.1) is 0 Å². The second-order valence-corrected chi connectivity index (χ2v) is 5.68. The van der Waals surface area contributed by atoms with Crippen LogP contribution in [0.4, 0.5) is 0 Å². The number of carboxylic acids is 1. The second kappa shape index (κ2) is 9.32. The molecular formula is C15H32N2O2. The van der Waals surface area contributed by atoms with E-state index in [4.69, 9.17) is 0 Å². The van der Waals surface area contributed by atoms with Gasteiger partial charge in [-0.3, -0.25) is 4.79 Å². The van der Waals surface area contributed by atoms with Crippen molar-refractivity contribution in [2.24, 2.45) is 0 Å². The van der Waals surface area contributed by atoms with E-state index in [1.165, 1.54) is 25.7 Å². The van der Waals surface area contributed by atoms with Gasteiger partial charge in [-0.2, -0.15) is 0 Å². The van der Waals surface area contributed by atoms with Gasteiger partial charge in [-0.25, -0.2) is 0 Å². The molecule has 2 N–H and O–H groups in total. The van der Waals surface area contributed by atoms with E-state index in [1.54, 1.807) is 14.0 Å². The molecule has 0 heterocycles. The molecule has 0 fully saturated rings. The van der Waals surface area contributed by atoms with Gasteiger partial charge in [0.2, 0.25) is 0 Å². The maximum atomic E-state index is 11.4. The smallest absolute Gasteiger partial charge is 0.323 e. The summed E-state index contributed by atoms with van der Waals surface area (Å²) in [6.45, 7) is 10.4. The molecule has 0 spiro atoms. The number of nitrogens with zero attached hydrogens (tertiary/aromatic N) is 1. The van der Waals surface area contributed by atoms with E-state index in [0.717, 1.165) is 13.1 Å². The van der Waals surface area contributed by atoms with Crippen LogP contribution in [-0.2, 0) is 4.79 Å². The Morgan fingerprint density at radius 3 is 2.05 bits per heavy atom. The van der Waals surface area contributed by atoms with Crippen molar-refractivity contribution in [3.8, 4) is 0 Å². The van der Waals surface area contributed by atoms with Crippen molar-refractivity contribution >= 4 is 5.97 Å². The fraction of sp³-hybridized carbons (Fsp3) is 0.933. The number of aliphatic carboxylic acids is 1. The second-order valence-electron chi connectivity index (χ2n) is 5.68. The Morgan fingerprint density at radius 2 is 1.74 bits per heavy atom. The molecule has 2 atom stereocenters.